The monoisotopic (exact) mass is 340 g/mol. The lowest BCUT2D eigenvalue weighted by Gasteiger charge is -2.25. The minimum atomic E-state index is 0.0384. The van der Waals surface area contributed by atoms with Gasteiger partial charge in [-0.2, -0.15) is 0 Å². The molecule has 1 amide bonds. The van der Waals surface area contributed by atoms with Crippen LogP contribution in [-0.4, -0.2) is 55.1 Å². The standard InChI is InChI=1S/C18H24N6O/c25-18(15-5-7-19-8-6-15)23-11-4-12-24-16(20-21-17(24)14-23)13-22-9-2-1-3-10-22/h5-8H,1-4,9-14H2. The number of hydrogen-bond donors (Lipinski definition) is 0. The highest BCUT2D eigenvalue weighted by atomic mass is 16.2. The molecule has 132 valence electrons. The van der Waals surface area contributed by atoms with E-state index in [2.05, 4.69) is 24.6 Å². The molecule has 0 radical (unpaired) electrons. The van der Waals surface area contributed by atoms with Gasteiger partial charge in [0.2, 0.25) is 0 Å². The van der Waals surface area contributed by atoms with Crippen LogP contribution in [0.1, 0.15) is 47.7 Å². The van der Waals surface area contributed by atoms with Crippen LogP contribution >= 0.6 is 0 Å². The van der Waals surface area contributed by atoms with E-state index in [-0.39, 0.29) is 5.91 Å². The summed E-state index contributed by atoms with van der Waals surface area (Å²) in [6.07, 6.45) is 8.12. The SMILES string of the molecule is O=C(c1ccncc1)N1CCCn2c(CN3CCCCC3)nnc2C1. The zero-order valence-corrected chi connectivity index (χ0v) is 14.5. The van der Waals surface area contributed by atoms with Gasteiger partial charge in [-0.05, 0) is 44.5 Å². The van der Waals surface area contributed by atoms with Crippen molar-refractivity contribution in [3.8, 4) is 0 Å². The number of aromatic nitrogens is 4. The van der Waals surface area contributed by atoms with Crippen LogP contribution in [0, 0.1) is 0 Å². The van der Waals surface area contributed by atoms with E-state index in [9.17, 15) is 4.79 Å². The normalized spacial score (nSPS) is 18.6. The molecule has 2 aromatic heterocycles. The second-order valence-electron chi connectivity index (χ2n) is 6.84. The Labute approximate surface area is 147 Å². The summed E-state index contributed by atoms with van der Waals surface area (Å²) in [4.78, 5) is 21.0. The van der Waals surface area contributed by atoms with E-state index in [4.69, 9.17) is 0 Å². The molecule has 2 aliphatic heterocycles. The van der Waals surface area contributed by atoms with Crippen molar-refractivity contribution in [2.75, 3.05) is 19.6 Å². The van der Waals surface area contributed by atoms with E-state index in [1.54, 1.807) is 24.5 Å². The van der Waals surface area contributed by atoms with Crippen LogP contribution in [0.25, 0.3) is 0 Å². The molecule has 7 nitrogen and oxygen atoms in total. The van der Waals surface area contributed by atoms with Crippen LogP contribution in [0.2, 0.25) is 0 Å². The lowest BCUT2D eigenvalue weighted by atomic mass is 10.1. The van der Waals surface area contributed by atoms with Gasteiger partial charge in [0.1, 0.15) is 5.82 Å². The third-order valence-electron chi connectivity index (χ3n) is 5.07. The summed E-state index contributed by atoms with van der Waals surface area (Å²) in [5, 5.41) is 8.81. The first-order valence-corrected chi connectivity index (χ1v) is 9.14. The minimum absolute atomic E-state index is 0.0384. The molecule has 2 aliphatic rings. The summed E-state index contributed by atoms with van der Waals surface area (Å²) in [6, 6.07) is 3.53. The Morgan fingerprint density at radius 2 is 1.76 bits per heavy atom. The summed E-state index contributed by atoms with van der Waals surface area (Å²) in [5.74, 6) is 1.97. The second-order valence-corrected chi connectivity index (χ2v) is 6.84. The largest absolute Gasteiger partial charge is 0.331 e. The van der Waals surface area contributed by atoms with Gasteiger partial charge in [-0.1, -0.05) is 6.42 Å². The molecule has 0 aromatic carbocycles. The van der Waals surface area contributed by atoms with Gasteiger partial charge >= 0.3 is 0 Å². The van der Waals surface area contributed by atoms with Gasteiger partial charge in [0.05, 0.1) is 13.1 Å². The van der Waals surface area contributed by atoms with Crippen molar-refractivity contribution in [2.45, 2.75) is 45.3 Å². The highest BCUT2D eigenvalue weighted by molar-refractivity contribution is 5.94. The number of hydrogen-bond acceptors (Lipinski definition) is 5. The molecule has 25 heavy (non-hydrogen) atoms. The number of carbonyl (C=O) groups is 1. The number of piperidine rings is 1. The highest BCUT2D eigenvalue weighted by Gasteiger charge is 2.24. The number of nitrogens with zero attached hydrogens (tertiary/aromatic N) is 6. The molecule has 0 N–H and O–H groups in total. The van der Waals surface area contributed by atoms with Crippen molar-refractivity contribution >= 4 is 5.91 Å². The van der Waals surface area contributed by atoms with E-state index < -0.39 is 0 Å². The molecule has 7 heteroatoms. The fourth-order valence-electron chi connectivity index (χ4n) is 3.70. The second kappa shape index (κ2) is 7.31. The fourth-order valence-corrected chi connectivity index (χ4v) is 3.70. The number of amides is 1. The average Bonchev–Trinajstić information content (AvgIpc) is 2.90. The average molecular weight is 340 g/mol. The maximum atomic E-state index is 12.7. The molecule has 0 aliphatic carbocycles. The van der Waals surface area contributed by atoms with E-state index in [1.807, 2.05) is 4.90 Å². The molecule has 1 fully saturated rings. The first-order valence-electron chi connectivity index (χ1n) is 9.14. The maximum absolute atomic E-state index is 12.7. The van der Waals surface area contributed by atoms with E-state index in [0.29, 0.717) is 12.1 Å². The van der Waals surface area contributed by atoms with Gasteiger partial charge in [0.15, 0.2) is 5.82 Å². The lowest BCUT2D eigenvalue weighted by Crippen LogP contribution is -2.31. The van der Waals surface area contributed by atoms with E-state index in [1.165, 1.54) is 19.3 Å². The summed E-state index contributed by atoms with van der Waals surface area (Å²) in [7, 11) is 0. The van der Waals surface area contributed by atoms with E-state index in [0.717, 1.165) is 50.8 Å². The van der Waals surface area contributed by atoms with Crippen molar-refractivity contribution in [1.29, 1.82) is 0 Å². The van der Waals surface area contributed by atoms with Crippen molar-refractivity contribution < 1.29 is 4.79 Å². The molecule has 0 saturated carbocycles. The topological polar surface area (TPSA) is 67.2 Å². The fraction of sp³-hybridized carbons (Fsp3) is 0.556. The highest BCUT2D eigenvalue weighted by Crippen LogP contribution is 2.18. The summed E-state index contributed by atoms with van der Waals surface area (Å²) in [6.45, 7) is 5.31. The Hall–Kier alpha value is -2.28. The number of carbonyl (C=O) groups excluding carboxylic acids is 1. The van der Waals surface area contributed by atoms with Crippen molar-refractivity contribution in [2.24, 2.45) is 0 Å². The van der Waals surface area contributed by atoms with Crippen LogP contribution in [0.3, 0.4) is 0 Å². The Morgan fingerprint density at radius 1 is 0.960 bits per heavy atom. The number of likely N-dealkylation sites (tertiary alicyclic amines) is 1. The molecule has 0 bridgehead atoms. The van der Waals surface area contributed by atoms with E-state index >= 15 is 0 Å². The first kappa shape index (κ1) is 16.2. The lowest BCUT2D eigenvalue weighted by molar-refractivity contribution is 0.0743. The maximum Gasteiger partial charge on any atom is 0.254 e. The molecule has 0 atom stereocenters. The molecule has 2 aromatic rings. The predicted molar refractivity (Wildman–Crippen MR) is 92.7 cm³/mol. The Bertz CT molecular complexity index is 722. The third-order valence-corrected chi connectivity index (χ3v) is 5.07. The Balaban J connectivity index is 1.49. The van der Waals surface area contributed by atoms with Gasteiger partial charge in [0.25, 0.3) is 5.91 Å². The predicted octanol–water partition coefficient (Wildman–Crippen LogP) is 1.71. The molecule has 1 saturated heterocycles. The summed E-state index contributed by atoms with van der Waals surface area (Å²) in [5.41, 5.74) is 0.677. The van der Waals surface area contributed by atoms with Gasteiger partial charge < -0.3 is 9.47 Å². The molecule has 4 rings (SSSR count). The molecular weight excluding hydrogens is 316 g/mol. The molecule has 4 heterocycles. The van der Waals surface area contributed by atoms with Crippen molar-refractivity contribution in [3.63, 3.8) is 0 Å². The van der Waals surface area contributed by atoms with Gasteiger partial charge in [-0.25, -0.2) is 0 Å². The van der Waals surface area contributed by atoms with Crippen molar-refractivity contribution in [3.05, 3.63) is 41.7 Å². The Morgan fingerprint density at radius 3 is 2.56 bits per heavy atom. The first-order chi connectivity index (χ1) is 12.3. The van der Waals surface area contributed by atoms with Gasteiger partial charge in [-0.3, -0.25) is 14.7 Å². The molecular formula is C18H24N6O. The quantitative estimate of drug-likeness (QED) is 0.851. The molecule has 0 unspecified atom stereocenters. The number of fused-ring (bicyclic) bond motifs is 1. The smallest absolute Gasteiger partial charge is 0.254 e. The Kier molecular flexibility index (Phi) is 4.74. The van der Waals surface area contributed by atoms with Crippen LogP contribution < -0.4 is 0 Å². The number of pyridine rings is 1. The summed E-state index contributed by atoms with van der Waals surface area (Å²) < 4.78 is 2.22. The van der Waals surface area contributed by atoms with Gasteiger partial charge in [-0.15, -0.1) is 10.2 Å². The van der Waals surface area contributed by atoms with Crippen LogP contribution in [0.4, 0.5) is 0 Å². The van der Waals surface area contributed by atoms with Crippen LogP contribution in [-0.2, 0) is 19.6 Å². The zero-order valence-electron chi connectivity index (χ0n) is 14.5. The van der Waals surface area contributed by atoms with Crippen LogP contribution in [0.5, 0.6) is 0 Å². The zero-order chi connectivity index (χ0) is 17.1. The molecule has 0 spiro atoms. The minimum Gasteiger partial charge on any atom is -0.331 e. The van der Waals surface area contributed by atoms with Crippen LogP contribution in [0.15, 0.2) is 24.5 Å². The third kappa shape index (κ3) is 3.56. The van der Waals surface area contributed by atoms with Crippen molar-refractivity contribution in [1.82, 2.24) is 29.5 Å². The summed E-state index contributed by atoms with van der Waals surface area (Å²) >= 11 is 0. The van der Waals surface area contributed by atoms with Gasteiger partial charge in [0, 0.05) is 31.0 Å². The number of rotatable bonds is 3.